The summed E-state index contributed by atoms with van der Waals surface area (Å²) in [7, 11) is 0. The van der Waals surface area contributed by atoms with Crippen LogP contribution >= 0.6 is 11.3 Å². The van der Waals surface area contributed by atoms with Crippen LogP contribution in [0.1, 0.15) is 51.4 Å². The summed E-state index contributed by atoms with van der Waals surface area (Å²) >= 11 is 1.72. The van der Waals surface area contributed by atoms with Crippen LogP contribution in [0, 0.1) is 5.41 Å². The molecular formula is C13H20N2S. The van der Waals surface area contributed by atoms with Gasteiger partial charge < -0.3 is 5.32 Å². The van der Waals surface area contributed by atoms with E-state index in [1.165, 1.54) is 51.4 Å². The average Bonchev–Trinajstić information content (AvgIpc) is 2.94. The molecule has 2 saturated carbocycles. The minimum atomic E-state index is 0.678. The normalized spacial score (nSPS) is 25.0. The maximum absolute atomic E-state index is 4.31. The summed E-state index contributed by atoms with van der Waals surface area (Å²) in [5.74, 6) is 0. The second-order valence-corrected chi connectivity index (χ2v) is 6.36. The lowest BCUT2D eigenvalue weighted by molar-refractivity contribution is 0.188. The van der Waals surface area contributed by atoms with Crippen LogP contribution in [0.5, 0.6) is 0 Å². The molecule has 2 fully saturated rings. The molecule has 0 saturated heterocycles. The van der Waals surface area contributed by atoms with Crippen molar-refractivity contribution in [2.75, 3.05) is 5.32 Å². The van der Waals surface area contributed by atoms with E-state index < -0.39 is 0 Å². The second kappa shape index (κ2) is 4.36. The Morgan fingerprint density at radius 1 is 1.19 bits per heavy atom. The highest BCUT2D eigenvalue weighted by atomic mass is 32.1. The molecule has 0 atom stereocenters. The second-order valence-electron chi connectivity index (χ2n) is 5.46. The first-order chi connectivity index (χ1) is 7.86. The molecule has 2 aliphatic carbocycles. The van der Waals surface area contributed by atoms with Gasteiger partial charge in [0.05, 0.1) is 0 Å². The Hall–Kier alpha value is -0.570. The molecule has 3 rings (SSSR count). The SMILES string of the molecule is c1csc(NC2CCC3(CCCC3)CC2)n1. The van der Waals surface area contributed by atoms with Crippen LogP contribution in [0.2, 0.25) is 0 Å². The van der Waals surface area contributed by atoms with Gasteiger partial charge in [0.15, 0.2) is 5.13 Å². The van der Waals surface area contributed by atoms with Crippen LogP contribution < -0.4 is 5.32 Å². The number of anilines is 1. The van der Waals surface area contributed by atoms with Crippen molar-refractivity contribution in [3.8, 4) is 0 Å². The van der Waals surface area contributed by atoms with Gasteiger partial charge in [0, 0.05) is 17.6 Å². The summed E-state index contributed by atoms with van der Waals surface area (Å²) in [5.41, 5.74) is 0.751. The zero-order valence-corrected chi connectivity index (χ0v) is 10.6. The minimum absolute atomic E-state index is 0.678. The lowest BCUT2D eigenvalue weighted by atomic mass is 9.71. The number of hydrogen-bond acceptors (Lipinski definition) is 3. The lowest BCUT2D eigenvalue weighted by Gasteiger charge is -2.37. The monoisotopic (exact) mass is 236 g/mol. The summed E-state index contributed by atoms with van der Waals surface area (Å²) < 4.78 is 0. The summed E-state index contributed by atoms with van der Waals surface area (Å²) in [6.45, 7) is 0. The molecule has 1 aromatic rings. The van der Waals surface area contributed by atoms with Crippen molar-refractivity contribution in [2.45, 2.75) is 57.4 Å². The first-order valence-electron chi connectivity index (χ1n) is 6.52. The number of aromatic nitrogens is 1. The fourth-order valence-corrected chi connectivity index (χ4v) is 4.08. The molecule has 0 bridgehead atoms. The maximum atomic E-state index is 4.31. The smallest absolute Gasteiger partial charge is 0.182 e. The average molecular weight is 236 g/mol. The first kappa shape index (κ1) is 10.6. The molecule has 0 aliphatic heterocycles. The standard InChI is InChI=1S/C13H20N2S/c1-2-6-13(5-1)7-3-11(4-8-13)15-12-14-9-10-16-12/h9-11H,1-8H2,(H,14,15). The number of nitrogens with one attached hydrogen (secondary N) is 1. The number of hydrogen-bond donors (Lipinski definition) is 1. The summed E-state index contributed by atoms with van der Waals surface area (Å²) in [5, 5.41) is 6.72. The van der Waals surface area contributed by atoms with Crippen molar-refractivity contribution >= 4 is 16.5 Å². The van der Waals surface area contributed by atoms with Crippen molar-refractivity contribution in [1.29, 1.82) is 0 Å². The van der Waals surface area contributed by atoms with E-state index in [0.29, 0.717) is 6.04 Å². The number of thiazole rings is 1. The first-order valence-corrected chi connectivity index (χ1v) is 7.40. The zero-order chi connectivity index (χ0) is 10.8. The maximum Gasteiger partial charge on any atom is 0.182 e. The van der Waals surface area contributed by atoms with Crippen LogP contribution in [0.3, 0.4) is 0 Å². The third kappa shape index (κ3) is 2.10. The van der Waals surface area contributed by atoms with E-state index in [9.17, 15) is 0 Å². The minimum Gasteiger partial charge on any atom is -0.359 e. The van der Waals surface area contributed by atoms with Crippen molar-refractivity contribution in [3.63, 3.8) is 0 Å². The molecule has 0 aromatic carbocycles. The van der Waals surface area contributed by atoms with Gasteiger partial charge in [-0.1, -0.05) is 12.8 Å². The van der Waals surface area contributed by atoms with Gasteiger partial charge in [-0.3, -0.25) is 0 Å². The van der Waals surface area contributed by atoms with Gasteiger partial charge >= 0.3 is 0 Å². The molecule has 1 heterocycles. The quantitative estimate of drug-likeness (QED) is 0.837. The Labute approximate surface area is 101 Å². The number of nitrogens with zero attached hydrogens (tertiary/aromatic N) is 1. The highest BCUT2D eigenvalue weighted by Crippen LogP contribution is 2.49. The van der Waals surface area contributed by atoms with Gasteiger partial charge in [-0.25, -0.2) is 4.98 Å². The highest BCUT2D eigenvalue weighted by molar-refractivity contribution is 7.13. The van der Waals surface area contributed by atoms with Crippen LogP contribution in [-0.4, -0.2) is 11.0 Å². The Balaban J connectivity index is 1.54. The summed E-state index contributed by atoms with van der Waals surface area (Å²) in [4.78, 5) is 4.31. The fourth-order valence-electron chi connectivity index (χ4n) is 3.47. The molecule has 0 radical (unpaired) electrons. The molecule has 1 spiro atoms. The predicted octanol–water partition coefficient (Wildman–Crippen LogP) is 4.06. The van der Waals surface area contributed by atoms with Gasteiger partial charge in [-0.15, -0.1) is 11.3 Å². The van der Waals surface area contributed by atoms with Gasteiger partial charge in [0.1, 0.15) is 0 Å². The van der Waals surface area contributed by atoms with E-state index in [1.807, 2.05) is 11.6 Å². The molecule has 16 heavy (non-hydrogen) atoms. The highest BCUT2D eigenvalue weighted by Gasteiger charge is 2.37. The molecule has 88 valence electrons. The Kier molecular flexibility index (Phi) is 2.88. The van der Waals surface area contributed by atoms with Crippen molar-refractivity contribution in [3.05, 3.63) is 11.6 Å². The molecule has 0 unspecified atom stereocenters. The Bertz CT molecular complexity index is 318. The van der Waals surface area contributed by atoms with Crippen LogP contribution in [0.25, 0.3) is 0 Å². The number of rotatable bonds is 2. The molecule has 1 aromatic heterocycles. The predicted molar refractivity (Wildman–Crippen MR) is 68.9 cm³/mol. The molecule has 2 aliphatic rings. The van der Waals surface area contributed by atoms with E-state index in [2.05, 4.69) is 10.3 Å². The topological polar surface area (TPSA) is 24.9 Å². The third-order valence-corrected chi connectivity index (χ3v) is 5.17. The van der Waals surface area contributed by atoms with Gasteiger partial charge in [-0.05, 0) is 43.9 Å². The summed E-state index contributed by atoms with van der Waals surface area (Å²) in [6.07, 6.45) is 13.4. The molecule has 1 N–H and O–H groups in total. The Morgan fingerprint density at radius 3 is 2.56 bits per heavy atom. The van der Waals surface area contributed by atoms with Crippen molar-refractivity contribution in [2.24, 2.45) is 5.41 Å². The largest absolute Gasteiger partial charge is 0.359 e. The third-order valence-electron chi connectivity index (χ3n) is 4.47. The summed E-state index contributed by atoms with van der Waals surface area (Å²) in [6, 6.07) is 0.678. The van der Waals surface area contributed by atoms with Crippen molar-refractivity contribution < 1.29 is 0 Å². The van der Waals surface area contributed by atoms with Gasteiger partial charge in [0.25, 0.3) is 0 Å². The fraction of sp³-hybridized carbons (Fsp3) is 0.769. The lowest BCUT2D eigenvalue weighted by Crippen LogP contribution is -2.31. The molecule has 0 amide bonds. The Morgan fingerprint density at radius 2 is 1.94 bits per heavy atom. The van der Waals surface area contributed by atoms with E-state index in [4.69, 9.17) is 0 Å². The van der Waals surface area contributed by atoms with Crippen LogP contribution in [0.4, 0.5) is 5.13 Å². The molecular weight excluding hydrogens is 216 g/mol. The van der Waals surface area contributed by atoms with E-state index in [0.717, 1.165) is 10.5 Å². The van der Waals surface area contributed by atoms with Crippen LogP contribution in [-0.2, 0) is 0 Å². The van der Waals surface area contributed by atoms with E-state index in [1.54, 1.807) is 11.3 Å². The van der Waals surface area contributed by atoms with Gasteiger partial charge in [0.2, 0.25) is 0 Å². The van der Waals surface area contributed by atoms with E-state index in [-0.39, 0.29) is 0 Å². The zero-order valence-electron chi connectivity index (χ0n) is 9.74. The van der Waals surface area contributed by atoms with Crippen LogP contribution in [0.15, 0.2) is 11.6 Å². The van der Waals surface area contributed by atoms with Gasteiger partial charge in [-0.2, -0.15) is 0 Å². The van der Waals surface area contributed by atoms with Crippen molar-refractivity contribution in [1.82, 2.24) is 4.98 Å². The molecule has 3 heteroatoms. The van der Waals surface area contributed by atoms with E-state index >= 15 is 0 Å². The molecule has 2 nitrogen and oxygen atoms in total.